The lowest BCUT2D eigenvalue weighted by molar-refractivity contribution is -0.149. The van der Waals surface area contributed by atoms with Gasteiger partial charge in [0.15, 0.2) is 12.3 Å². The highest BCUT2D eigenvalue weighted by Crippen LogP contribution is 2.19. The van der Waals surface area contributed by atoms with Crippen molar-refractivity contribution in [3.63, 3.8) is 0 Å². The van der Waals surface area contributed by atoms with Gasteiger partial charge in [-0.25, -0.2) is 9.59 Å². The predicted octanol–water partition coefficient (Wildman–Crippen LogP) is 6.10. The highest BCUT2D eigenvalue weighted by Gasteiger charge is 2.22. The zero-order valence-electron chi connectivity index (χ0n) is 21.5. The van der Waals surface area contributed by atoms with Crippen LogP contribution in [0, 0.1) is 0 Å². The molecule has 0 radical (unpaired) electrons. The number of para-hydroxylation sites is 1. The summed E-state index contributed by atoms with van der Waals surface area (Å²) in [5, 5.41) is 12.8. The van der Waals surface area contributed by atoms with Gasteiger partial charge in [-0.15, -0.1) is 0 Å². The fraction of sp³-hybridized carbons (Fsp3) is 0.310. The van der Waals surface area contributed by atoms with Crippen molar-refractivity contribution in [1.82, 2.24) is 4.90 Å². The summed E-state index contributed by atoms with van der Waals surface area (Å²) in [7, 11) is 0. The van der Waals surface area contributed by atoms with Gasteiger partial charge >= 0.3 is 12.0 Å². The fourth-order valence-corrected chi connectivity index (χ4v) is 3.84. The van der Waals surface area contributed by atoms with Gasteiger partial charge in [-0.1, -0.05) is 41.9 Å². The molecule has 0 fully saturated rings. The lowest BCUT2D eigenvalue weighted by Crippen LogP contribution is -2.45. The third-order valence-electron chi connectivity index (χ3n) is 5.64. The maximum absolute atomic E-state index is 13.2. The molecule has 0 saturated heterocycles. The van der Waals surface area contributed by atoms with Crippen LogP contribution in [0.5, 0.6) is 11.5 Å². The van der Waals surface area contributed by atoms with Crippen molar-refractivity contribution >= 4 is 29.3 Å². The van der Waals surface area contributed by atoms with Gasteiger partial charge in [0.2, 0.25) is 0 Å². The third-order valence-corrected chi connectivity index (χ3v) is 5.90. The van der Waals surface area contributed by atoms with E-state index in [9.17, 15) is 14.7 Å². The number of ether oxygens (including phenoxy) is 3. The summed E-state index contributed by atoms with van der Waals surface area (Å²) in [5.41, 5.74) is 1.42. The van der Waals surface area contributed by atoms with Gasteiger partial charge in [-0.2, -0.15) is 0 Å². The normalized spacial score (nSPS) is 12.3. The van der Waals surface area contributed by atoms with Gasteiger partial charge in [0.1, 0.15) is 11.5 Å². The Morgan fingerprint density at radius 3 is 2.29 bits per heavy atom. The number of halogens is 1. The Kier molecular flexibility index (Phi) is 11.3. The molecule has 3 aromatic rings. The number of urea groups is 1. The Labute approximate surface area is 228 Å². The summed E-state index contributed by atoms with van der Waals surface area (Å²) in [6, 6.07) is 23.1. The molecule has 202 valence electrons. The van der Waals surface area contributed by atoms with E-state index in [1.54, 1.807) is 67.3 Å². The minimum absolute atomic E-state index is 0.246. The number of amides is 2. The highest BCUT2D eigenvalue weighted by molar-refractivity contribution is 6.30. The van der Waals surface area contributed by atoms with Crippen LogP contribution in [0.15, 0.2) is 78.9 Å². The molecule has 0 spiro atoms. The quantitative estimate of drug-likeness (QED) is 0.189. The van der Waals surface area contributed by atoms with Crippen LogP contribution in [0.25, 0.3) is 0 Å². The number of rotatable bonds is 14. The van der Waals surface area contributed by atoms with E-state index in [1.165, 1.54) is 0 Å². The van der Waals surface area contributed by atoms with Crippen LogP contribution in [-0.4, -0.2) is 54.1 Å². The van der Waals surface area contributed by atoms with Crippen molar-refractivity contribution < 1.29 is 28.9 Å². The Balaban J connectivity index is 1.63. The van der Waals surface area contributed by atoms with E-state index in [1.807, 2.05) is 30.3 Å². The lowest BCUT2D eigenvalue weighted by atomic mass is 10.1. The predicted molar refractivity (Wildman–Crippen MR) is 147 cm³/mol. The van der Waals surface area contributed by atoms with Gasteiger partial charge in [0.25, 0.3) is 0 Å². The SMILES string of the molecule is CCOC(Cc1ccc(OC(C)N(CCCOc2ccccc2)C(=O)Nc2ccc(Cl)cc2)cc1)C(=O)O. The first kappa shape index (κ1) is 28.8. The molecule has 2 N–H and O–H groups in total. The summed E-state index contributed by atoms with van der Waals surface area (Å²) in [6.45, 7) is 4.70. The Morgan fingerprint density at radius 1 is 0.974 bits per heavy atom. The highest BCUT2D eigenvalue weighted by atomic mass is 35.5. The van der Waals surface area contributed by atoms with E-state index in [0.29, 0.717) is 42.6 Å². The number of carboxylic acids is 1. The Hall–Kier alpha value is -3.75. The summed E-state index contributed by atoms with van der Waals surface area (Å²) < 4.78 is 17.1. The number of carbonyl (C=O) groups excluding carboxylic acids is 1. The van der Waals surface area contributed by atoms with Gasteiger partial charge in [-0.05, 0) is 74.4 Å². The molecular formula is C29H33ClN2O6. The van der Waals surface area contributed by atoms with Crippen molar-refractivity contribution in [1.29, 1.82) is 0 Å². The molecule has 3 rings (SSSR count). The minimum Gasteiger partial charge on any atom is -0.494 e. The molecule has 2 unspecified atom stereocenters. The zero-order chi connectivity index (χ0) is 27.3. The number of hydrogen-bond donors (Lipinski definition) is 2. The fourth-order valence-electron chi connectivity index (χ4n) is 3.72. The van der Waals surface area contributed by atoms with Crippen LogP contribution in [0.1, 0.15) is 25.8 Å². The number of hydrogen-bond acceptors (Lipinski definition) is 5. The van der Waals surface area contributed by atoms with Crippen molar-refractivity contribution in [2.24, 2.45) is 0 Å². The topological polar surface area (TPSA) is 97.3 Å². The molecule has 9 heteroatoms. The zero-order valence-corrected chi connectivity index (χ0v) is 22.3. The van der Waals surface area contributed by atoms with Crippen LogP contribution in [-0.2, 0) is 16.0 Å². The second-order valence-corrected chi connectivity index (χ2v) is 8.93. The molecule has 0 saturated carbocycles. The monoisotopic (exact) mass is 540 g/mol. The molecule has 0 aliphatic carbocycles. The molecule has 0 heterocycles. The van der Waals surface area contributed by atoms with Gasteiger partial charge < -0.3 is 24.6 Å². The van der Waals surface area contributed by atoms with E-state index in [-0.39, 0.29) is 12.5 Å². The van der Waals surface area contributed by atoms with Crippen LogP contribution in [0.3, 0.4) is 0 Å². The number of carboxylic acid groups (broad SMARTS) is 1. The summed E-state index contributed by atoms with van der Waals surface area (Å²) in [4.78, 5) is 26.1. The van der Waals surface area contributed by atoms with E-state index in [0.717, 1.165) is 11.3 Å². The van der Waals surface area contributed by atoms with Crippen LogP contribution >= 0.6 is 11.6 Å². The van der Waals surface area contributed by atoms with Crippen molar-refractivity contribution in [2.45, 2.75) is 39.0 Å². The summed E-state index contributed by atoms with van der Waals surface area (Å²) in [5.74, 6) is 0.317. The molecule has 8 nitrogen and oxygen atoms in total. The van der Waals surface area contributed by atoms with Crippen molar-refractivity contribution in [3.8, 4) is 11.5 Å². The summed E-state index contributed by atoms with van der Waals surface area (Å²) >= 11 is 5.96. The summed E-state index contributed by atoms with van der Waals surface area (Å²) in [6.07, 6.45) is -0.671. The van der Waals surface area contributed by atoms with Gasteiger partial charge in [0, 0.05) is 30.3 Å². The number of anilines is 1. The van der Waals surface area contributed by atoms with Gasteiger partial charge in [0.05, 0.1) is 6.61 Å². The first-order valence-corrected chi connectivity index (χ1v) is 12.8. The molecular weight excluding hydrogens is 508 g/mol. The number of nitrogens with zero attached hydrogens (tertiary/aromatic N) is 1. The standard InChI is InChI=1S/C29H33ClN2O6/c1-3-36-27(28(33)34)20-22-10-16-26(17-11-22)38-21(2)32(18-7-19-37-25-8-5-4-6-9-25)29(35)31-24-14-12-23(30)13-15-24/h4-6,8-17,21,27H,3,7,18-20H2,1-2H3,(H,31,35)(H,33,34). The molecule has 0 bridgehead atoms. The maximum atomic E-state index is 13.2. The smallest absolute Gasteiger partial charge is 0.333 e. The van der Waals surface area contributed by atoms with E-state index >= 15 is 0 Å². The average Bonchev–Trinajstić information content (AvgIpc) is 2.91. The lowest BCUT2D eigenvalue weighted by Gasteiger charge is -2.30. The minimum atomic E-state index is -1.00. The number of nitrogens with one attached hydrogen (secondary N) is 1. The van der Waals surface area contributed by atoms with Crippen molar-refractivity contribution in [3.05, 3.63) is 89.4 Å². The van der Waals surface area contributed by atoms with Crippen LogP contribution in [0.4, 0.5) is 10.5 Å². The second kappa shape index (κ2) is 14.9. The molecule has 0 aliphatic rings. The molecule has 0 aromatic heterocycles. The largest absolute Gasteiger partial charge is 0.494 e. The van der Waals surface area contributed by atoms with Crippen LogP contribution in [0.2, 0.25) is 5.02 Å². The average molecular weight is 541 g/mol. The van der Waals surface area contributed by atoms with E-state index in [4.69, 9.17) is 25.8 Å². The van der Waals surface area contributed by atoms with E-state index < -0.39 is 18.3 Å². The molecule has 38 heavy (non-hydrogen) atoms. The van der Waals surface area contributed by atoms with E-state index in [2.05, 4.69) is 5.32 Å². The number of carbonyl (C=O) groups is 2. The molecule has 0 aliphatic heterocycles. The number of aliphatic carboxylic acids is 1. The third kappa shape index (κ3) is 9.28. The Bertz CT molecular complexity index is 1140. The van der Waals surface area contributed by atoms with Crippen LogP contribution < -0.4 is 14.8 Å². The Morgan fingerprint density at radius 2 is 1.66 bits per heavy atom. The molecule has 2 atom stereocenters. The molecule has 3 aromatic carbocycles. The van der Waals surface area contributed by atoms with Crippen molar-refractivity contribution in [2.75, 3.05) is 25.1 Å². The second-order valence-electron chi connectivity index (χ2n) is 8.49. The maximum Gasteiger partial charge on any atom is 0.333 e. The first-order valence-electron chi connectivity index (χ1n) is 12.5. The first-order chi connectivity index (χ1) is 18.4. The van der Waals surface area contributed by atoms with Gasteiger partial charge in [-0.3, -0.25) is 4.90 Å². The molecule has 2 amide bonds. The number of benzene rings is 3.